The molecule has 3 nitrogen and oxygen atoms in total. The van der Waals surface area contributed by atoms with Gasteiger partial charge in [-0.2, -0.15) is 0 Å². The molecule has 0 saturated carbocycles. The van der Waals surface area contributed by atoms with Gasteiger partial charge in [0, 0.05) is 23.5 Å². The highest BCUT2D eigenvalue weighted by atomic mass is 14.9. The largest absolute Gasteiger partial charge is 0.264 e. The van der Waals surface area contributed by atoms with Crippen molar-refractivity contribution >= 4 is 12.2 Å². The molecule has 3 heteroatoms. The molecule has 0 fully saturated rings. The van der Waals surface area contributed by atoms with E-state index in [1.807, 2.05) is 42.7 Å². The lowest BCUT2D eigenvalue weighted by molar-refractivity contribution is 0.756. The van der Waals surface area contributed by atoms with Gasteiger partial charge < -0.3 is 0 Å². The third kappa shape index (κ3) is 6.65. The Kier molecular flexibility index (Phi) is 9.17. The van der Waals surface area contributed by atoms with Crippen molar-refractivity contribution in [1.82, 2.24) is 15.0 Å². The monoisotopic (exact) mass is 703 g/mol. The molecule has 2 aromatic heterocycles. The van der Waals surface area contributed by atoms with Crippen LogP contribution < -0.4 is 0 Å². The molecule has 0 amide bonds. The molecule has 1 atom stereocenters. The Balaban J connectivity index is 1.12. The summed E-state index contributed by atoms with van der Waals surface area (Å²) in [5, 5.41) is 0. The normalized spacial score (nSPS) is 14.9. The summed E-state index contributed by atoms with van der Waals surface area (Å²) in [6.45, 7) is 0. The minimum Gasteiger partial charge on any atom is -0.264 e. The smallest absolute Gasteiger partial charge is 0.153 e. The number of hydrogen-bond donors (Lipinski definition) is 0. The molecule has 8 aromatic rings. The van der Waals surface area contributed by atoms with Gasteiger partial charge in [-0.15, -0.1) is 0 Å². The predicted molar refractivity (Wildman–Crippen MR) is 227 cm³/mol. The number of rotatable bonds is 9. The average molecular weight is 704 g/mol. The third-order valence-electron chi connectivity index (χ3n) is 10.3. The Bertz CT molecular complexity index is 2540. The van der Waals surface area contributed by atoms with Crippen molar-refractivity contribution in [1.29, 1.82) is 0 Å². The van der Waals surface area contributed by atoms with Crippen LogP contribution in [0.25, 0.3) is 56.9 Å². The summed E-state index contributed by atoms with van der Waals surface area (Å²) in [6.07, 6.45) is 14.5. The van der Waals surface area contributed by atoms with Crippen LogP contribution >= 0.6 is 0 Å². The minimum atomic E-state index is -0.506. The fourth-order valence-electron chi connectivity index (χ4n) is 7.77. The fraction of sp³-hybridized carbons (Fsp3) is 0.0192. The standard InChI is InChI=1S/C52H37N3/c1-4-17-38(18-5-1)40-22-14-24-43(33-40)49-36-50(44-25-15-23-41(34-44)39-19-6-2-7-20-39)55-51(54-49)31-13-11-28-46-35-42-21-10-12-30-48(42)52(46,45-26-8-3-9-27-45)47-29-16-32-53-37-47/h1-37H/b28-11-,31-13+. The molecule has 0 spiro atoms. The highest BCUT2D eigenvalue weighted by Crippen LogP contribution is 2.51. The zero-order valence-electron chi connectivity index (χ0n) is 30.2. The molecule has 2 heterocycles. The van der Waals surface area contributed by atoms with E-state index in [9.17, 15) is 0 Å². The predicted octanol–water partition coefficient (Wildman–Crippen LogP) is 12.5. The van der Waals surface area contributed by atoms with Crippen LogP contribution in [0.4, 0.5) is 0 Å². The summed E-state index contributed by atoms with van der Waals surface area (Å²) in [6, 6.07) is 63.8. The van der Waals surface area contributed by atoms with Crippen molar-refractivity contribution in [3.05, 3.63) is 246 Å². The van der Waals surface area contributed by atoms with Crippen LogP contribution in [0.15, 0.2) is 218 Å². The van der Waals surface area contributed by atoms with E-state index in [0.717, 1.165) is 39.2 Å². The van der Waals surface area contributed by atoms with E-state index in [4.69, 9.17) is 9.97 Å². The van der Waals surface area contributed by atoms with Gasteiger partial charge in [-0.05, 0) is 86.5 Å². The Morgan fingerprint density at radius 2 is 0.945 bits per heavy atom. The molecule has 0 radical (unpaired) electrons. The first-order valence-electron chi connectivity index (χ1n) is 18.6. The van der Waals surface area contributed by atoms with Crippen molar-refractivity contribution in [2.45, 2.75) is 5.41 Å². The van der Waals surface area contributed by atoms with Gasteiger partial charge in [0.1, 0.15) is 0 Å². The lowest BCUT2D eigenvalue weighted by Gasteiger charge is -2.34. The minimum absolute atomic E-state index is 0.506. The molecule has 1 aliphatic carbocycles. The summed E-state index contributed by atoms with van der Waals surface area (Å²) in [5.74, 6) is 0.637. The first-order valence-corrected chi connectivity index (χ1v) is 18.6. The van der Waals surface area contributed by atoms with Crippen LogP contribution in [0, 0.1) is 0 Å². The highest BCUT2D eigenvalue weighted by Gasteiger charge is 2.43. The second kappa shape index (κ2) is 15.0. The van der Waals surface area contributed by atoms with Crippen LogP contribution in [0.3, 0.4) is 0 Å². The summed E-state index contributed by atoms with van der Waals surface area (Å²) < 4.78 is 0. The van der Waals surface area contributed by atoms with Gasteiger partial charge in [0.2, 0.25) is 0 Å². The molecule has 0 saturated heterocycles. The van der Waals surface area contributed by atoms with E-state index in [0.29, 0.717) is 5.82 Å². The zero-order valence-corrected chi connectivity index (χ0v) is 30.2. The number of benzene rings is 6. The van der Waals surface area contributed by atoms with E-state index in [2.05, 4.69) is 187 Å². The van der Waals surface area contributed by atoms with Gasteiger partial charge in [0.05, 0.1) is 16.8 Å². The van der Waals surface area contributed by atoms with Gasteiger partial charge in [-0.1, -0.05) is 176 Å². The highest BCUT2D eigenvalue weighted by molar-refractivity contribution is 5.80. The molecule has 0 aliphatic heterocycles. The topological polar surface area (TPSA) is 38.7 Å². The van der Waals surface area contributed by atoms with Gasteiger partial charge in [0.15, 0.2) is 5.82 Å². The van der Waals surface area contributed by atoms with Crippen molar-refractivity contribution in [2.75, 3.05) is 0 Å². The second-order valence-corrected chi connectivity index (χ2v) is 13.7. The lowest BCUT2D eigenvalue weighted by atomic mass is 9.67. The van der Waals surface area contributed by atoms with Crippen molar-refractivity contribution in [3.8, 4) is 44.8 Å². The summed E-state index contributed by atoms with van der Waals surface area (Å²) in [4.78, 5) is 14.8. The van der Waals surface area contributed by atoms with E-state index in [1.54, 1.807) is 0 Å². The maximum absolute atomic E-state index is 5.12. The lowest BCUT2D eigenvalue weighted by Crippen LogP contribution is -2.29. The Hall–Kier alpha value is -7.23. The summed E-state index contributed by atoms with van der Waals surface area (Å²) in [7, 11) is 0. The zero-order chi connectivity index (χ0) is 36.9. The van der Waals surface area contributed by atoms with Crippen LogP contribution in [0.1, 0.15) is 28.1 Å². The number of nitrogens with zero attached hydrogens (tertiary/aromatic N) is 3. The van der Waals surface area contributed by atoms with Gasteiger partial charge in [-0.25, -0.2) is 9.97 Å². The summed E-state index contributed by atoms with van der Waals surface area (Å²) in [5.41, 5.74) is 13.9. The molecule has 0 N–H and O–H groups in total. The quantitative estimate of drug-likeness (QED) is 0.141. The van der Waals surface area contributed by atoms with E-state index < -0.39 is 5.41 Å². The number of hydrogen-bond acceptors (Lipinski definition) is 3. The number of pyridine rings is 1. The molecule has 0 bridgehead atoms. The first kappa shape index (κ1) is 33.6. The average Bonchev–Trinajstić information content (AvgIpc) is 3.61. The van der Waals surface area contributed by atoms with Crippen LogP contribution in [-0.2, 0) is 5.41 Å². The Morgan fingerprint density at radius 3 is 1.56 bits per heavy atom. The van der Waals surface area contributed by atoms with Gasteiger partial charge in [-0.3, -0.25) is 4.98 Å². The molecule has 260 valence electrons. The molecular weight excluding hydrogens is 667 g/mol. The molecule has 6 aromatic carbocycles. The Labute approximate surface area is 322 Å². The molecule has 1 unspecified atom stereocenters. The molecule has 1 aliphatic rings. The van der Waals surface area contributed by atoms with Gasteiger partial charge in [0.25, 0.3) is 0 Å². The van der Waals surface area contributed by atoms with E-state index in [1.165, 1.54) is 33.4 Å². The van der Waals surface area contributed by atoms with E-state index in [-0.39, 0.29) is 0 Å². The SMILES string of the molecule is C1=C(/C=C\C=C\c2nc(-c3cccc(-c4ccccc4)c3)cc(-c3cccc(-c4ccccc4)c3)n2)C(c2ccccc2)(c2cccnc2)c2ccccc21. The van der Waals surface area contributed by atoms with Crippen molar-refractivity contribution < 1.29 is 0 Å². The van der Waals surface area contributed by atoms with Crippen molar-refractivity contribution in [2.24, 2.45) is 0 Å². The third-order valence-corrected chi connectivity index (χ3v) is 10.3. The molecular formula is C52H37N3. The van der Waals surface area contributed by atoms with Crippen LogP contribution in [0.5, 0.6) is 0 Å². The molecule has 9 rings (SSSR count). The fourth-order valence-corrected chi connectivity index (χ4v) is 7.77. The number of allylic oxidation sites excluding steroid dienone is 4. The van der Waals surface area contributed by atoms with Crippen molar-refractivity contribution in [3.63, 3.8) is 0 Å². The second-order valence-electron chi connectivity index (χ2n) is 13.7. The van der Waals surface area contributed by atoms with E-state index >= 15 is 0 Å². The maximum Gasteiger partial charge on any atom is 0.153 e. The van der Waals surface area contributed by atoms with Crippen LogP contribution in [-0.4, -0.2) is 15.0 Å². The maximum atomic E-state index is 5.12. The van der Waals surface area contributed by atoms with Gasteiger partial charge >= 0.3 is 0 Å². The van der Waals surface area contributed by atoms with Crippen LogP contribution in [0.2, 0.25) is 0 Å². The molecule has 55 heavy (non-hydrogen) atoms. The number of fused-ring (bicyclic) bond motifs is 1. The first-order chi connectivity index (χ1) is 27.3. The Morgan fingerprint density at radius 1 is 0.418 bits per heavy atom. The summed E-state index contributed by atoms with van der Waals surface area (Å²) >= 11 is 0. The number of aromatic nitrogens is 3.